The molecule has 19 heavy (non-hydrogen) atoms. The van der Waals surface area contributed by atoms with Crippen LogP contribution in [0.25, 0.3) is 0 Å². The van der Waals surface area contributed by atoms with Gasteiger partial charge in [0.25, 0.3) is 5.69 Å². The molecule has 0 aliphatic heterocycles. The van der Waals surface area contributed by atoms with E-state index >= 15 is 0 Å². The minimum atomic E-state index is -0.439. The molecule has 106 valence electrons. The summed E-state index contributed by atoms with van der Waals surface area (Å²) >= 11 is 5.75. The summed E-state index contributed by atoms with van der Waals surface area (Å²) < 4.78 is 10.2. The summed E-state index contributed by atoms with van der Waals surface area (Å²) in [5, 5.41) is 14.4. The topological polar surface area (TPSA) is 73.6 Å². The van der Waals surface area contributed by atoms with E-state index < -0.39 is 4.92 Å². The first-order valence-corrected chi connectivity index (χ1v) is 6.11. The van der Waals surface area contributed by atoms with Gasteiger partial charge in [0.2, 0.25) is 0 Å². The number of nitrogens with zero attached hydrogens (tertiary/aromatic N) is 1. The van der Waals surface area contributed by atoms with Crippen molar-refractivity contribution in [1.29, 1.82) is 0 Å². The molecular weight excluding hydrogens is 272 g/mol. The summed E-state index contributed by atoms with van der Waals surface area (Å²) in [6.07, 6.45) is -0.0867. The van der Waals surface area contributed by atoms with Gasteiger partial charge in [-0.15, -0.1) is 0 Å². The third-order valence-electron chi connectivity index (χ3n) is 2.62. The summed E-state index contributed by atoms with van der Waals surface area (Å²) in [7, 11) is 3.19. The second-order valence-corrected chi connectivity index (χ2v) is 4.41. The molecule has 0 bridgehead atoms. The van der Waals surface area contributed by atoms with Gasteiger partial charge in [-0.05, 0) is 12.1 Å². The maximum Gasteiger partial charge on any atom is 0.275 e. The van der Waals surface area contributed by atoms with Crippen molar-refractivity contribution in [2.45, 2.75) is 12.6 Å². The van der Waals surface area contributed by atoms with E-state index in [4.69, 9.17) is 21.1 Å². The van der Waals surface area contributed by atoms with Crippen molar-refractivity contribution in [2.75, 3.05) is 27.4 Å². The van der Waals surface area contributed by atoms with Crippen molar-refractivity contribution in [1.82, 2.24) is 5.32 Å². The van der Waals surface area contributed by atoms with Crippen molar-refractivity contribution in [2.24, 2.45) is 0 Å². The molecule has 0 radical (unpaired) electrons. The number of rotatable bonds is 8. The number of halogens is 1. The van der Waals surface area contributed by atoms with Crippen LogP contribution in [0.1, 0.15) is 5.56 Å². The van der Waals surface area contributed by atoms with E-state index in [2.05, 4.69) is 5.32 Å². The van der Waals surface area contributed by atoms with E-state index in [1.807, 2.05) is 0 Å². The Morgan fingerprint density at radius 1 is 1.47 bits per heavy atom. The molecule has 1 unspecified atom stereocenters. The van der Waals surface area contributed by atoms with Crippen molar-refractivity contribution < 1.29 is 14.4 Å². The number of benzene rings is 1. The third-order valence-corrected chi connectivity index (χ3v) is 2.85. The average Bonchev–Trinajstić information content (AvgIpc) is 2.39. The highest BCUT2D eigenvalue weighted by Gasteiger charge is 2.14. The molecule has 0 aliphatic carbocycles. The van der Waals surface area contributed by atoms with Crippen LogP contribution < -0.4 is 5.32 Å². The number of hydrogen-bond acceptors (Lipinski definition) is 5. The van der Waals surface area contributed by atoms with Crippen LogP contribution in [0.5, 0.6) is 0 Å². The van der Waals surface area contributed by atoms with E-state index in [1.54, 1.807) is 26.4 Å². The molecule has 7 heteroatoms. The lowest BCUT2D eigenvalue weighted by atomic mass is 10.2. The first kappa shape index (κ1) is 15.8. The quantitative estimate of drug-likeness (QED) is 0.585. The van der Waals surface area contributed by atoms with E-state index in [-0.39, 0.29) is 11.8 Å². The van der Waals surface area contributed by atoms with E-state index in [0.29, 0.717) is 30.3 Å². The maximum absolute atomic E-state index is 10.9. The zero-order valence-corrected chi connectivity index (χ0v) is 11.6. The van der Waals surface area contributed by atoms with Crippen LogP contribution in [-0.2, 0) is 16.0 Å². The fourth-order valence-corrected chi connectivity index (χ4v) is 1.79. The summed E-state index contributed by atoms with van der Waals surface area (Å²) in [6, 6.07) is 4.63. The van der Waals surface area contributed by atoms with E-state index in [1.165, 1.54) is 6.07 Å². The number of nitro benzene ring substituents is 1. The number of methoxy groups -OCH3 is 2. The molecule has 0 aliphatic rings. The molecule has 0 heterocycles. The highest BCUT2D eigenvalue weighted by molar-refractivity contribution is 6.30. The second kappa shape index (κ2) is 8.06. The van der Waals surface area contributed by atoms with E-state index in [9.17, 15) is 10.1 Å². The fourth-order valence-electron chi connectivity index (χ4n) is 1.62. The predicted molar refractivity (Wildman–Crippen MR) is 72.5 cm³/mol. The number of nitrogens with one attached hydrogen (secondary N) is 1. The number of ether oxygens (including phenoxy) is 2. The third kappa shape index (κ3) is 5.12. The molecule has 6 nitrogen and oxygen atoms in total. The Labute approximate surface area is 116 Å². The molecule has 1 atom stereocenters. The van der Waals surface area contributed by atoms with Crippen LogP contribution in [0.4, 0.5) is 5.69 Å². The molecule has 0 saturated carbocycles. The minimum absolute atomic E-state index is 0.0145. The maximum atomic E-state index is 10.9. The zero-order chi connectivity index (χ0) is 14.3. The fraction of sp³-hybridized carbons (Fsp3) is 0.500. The van der Waals surface area contributed by atoms with E-state index in [0.717, 1.165) is 0 Å². The van der Waals surface area contributed by atoms with Gasteiger partial charge in [-0.3, -0.25) is 10.1 Å². The Kier molecular flexibility index (Phi) is 6.72. The molecular formula is C12H17ClN2O4. The molecule has 0 saturated heterocycles. The average molecular weight is 289 g/mol. The van der Waals surface area contributed by atoms with Gasteiger partial charge >= 0.3 is 0 Å². The second-order valence-electron chi connectivity index (χ2n) is 3.97. The van der Waals surface area contributed by atoms with Crippen LogP contribution in [-0.4, -0.2) is 38.4 Å². The smallest absolute Gasteiger partial charge is 0.275 e. The molecule has 0 aromatic heterocycles. The number of hydrogen-bond donors (Lipinski definition) is 1. The SMILES string of the molecule is COCC(CNCc1ccc(Cl)cc1[N+](=O)[O-])OC. The van der Waals surface area contributed by atoms with Gasteiger partial charge in [-0.25, -0.2) is 0 Å². The first-order chi connectivity index (χ1) is 9.08. The highest BCUT2D eigenvalue weighted by atomic mass is 35.5. The standard InChI is InChI=1S/C12H17ClN2O4/c1-18-8-11(19-2)7-14-6-9-3-4-10(13)5-12(9)15(16)17/h3-5,11,14H,6-8H2,1-2H3. The Morgan fingerprint density at radius 2 is 2.21 bits per heavy atom. The normalized spacial score (nSPS) is 12.4. The van der Waals surface area contributed by atoms with Gasteiger partial charge in [-0.2, -0.15) is 0 Å². The van der Waals surface area contributed by atoms with Gasteiger partial charge in [0.15, 0.2) is 0 Å². The van der Waals surface area contributed by atoms with Crippen LogP contribution in [0.15, 0.2) is 18.2 Å². The molecule has 0 spiro atoms. The molecule has 1 N–H and O–H groups in total. The first-order valence-electron chi connectivity index (χ1n) is 5.73. The van der Waals surface area contributed by atoms with Gasteiger partial charge in [0.05, 0.1) is 17.6 Å². The van der Waals surface area contributed by atoms with Crippen LogP contribution in [0, 0.1) is 10.1 Å². The summed E-state index contributed by atoms with van der Waals surface area (Å²) in [4.78, 5) is 10.5. The Hall–Kier alpha value is -1.21. The van der Waals surface area contributed by atoms with Crippen LogP contribution in [0.3, 0.4) is 0 Å². The van der Waals surface area contributed by atoms with Crippen molar-refractivity contribution in [3.8, 4) is 0 Å². The van der Waals surface area contributed by atoms with Crippen molar-refractivity contribution in [3.63, 3.8) is 0 Å². The van der Waals surface area contributed by atoms with Crippen LogP contribution in [0.2, 0.25) is 5.02 Å². The summed E-state index contributed by atoms with van der Waals surface area (Å²) in [6.45, 7) is 1.38. The Morgan fingerprint density at radius 3 is 2.79 bits per heavy atom. The Bertz CT molecular complexity index is 428. The molecule has 1 rings (SSSR count). The van der Waals surface area contributed by atoms with Gasteiger partial charge in [0, 0.05) is 44.0 Å². The molecule has 1 aromatic carbocycles. The monoisotopic (exact) mass is 288 g/mol. The van der Waals surface area contributed by atoms with Crippen LogP contribution >= 0.6 is 11.6 Å². The lowest BCUT2D eigenvalue weighted by Crippen LogP contribution is -2.31. The van der Waals surface area contributed by atoms with Crippen molar-refractivity contribution >= 4 is 17.3 Å². The summed E-state index contributed by atoms with van der Waals surface area (Å²) in [5.41, 5.74) is 0.599. The lowest BCUT2D eigenvalue weighted by molar-refractivity contribution is -0.385. The molecule has 0 amide bonds. The molecule has 0 fully saturated rings. The zero-order valence-electron chi connectivity index (χ0n) is 10.9. The largest absolute Gasteiger partial charge is 0.382 e. The van der Waals surface area contributed by atoms with Crippen molar-refractivity contribution in [3.05, 3.63) is 38.9 Å². The lowest BCUT2D eigenvalue weighted by Gasteiger charge is -2.15. The summed E-state index contributed by atoms with van der Waals surface area (Å²) in [5.74, 6) is 0. The van der Waals surface area contributed by atoms with Gasteiger partial charge in [-0.1, -0.05) is 11.6 Å². The van der Waals surface area contributed by atoms with Gasteiger partial charge in [0.1, 0.15) is 0 Å². The minimum Gasteiger partial charge on any atom is -0.382 e. The highest BCUT2D eigenvalue weighted by Crippen LogP contribution is 2.22. The number of nitro groups is 1. The predicted octanol–water partition coefficient (Wildman–Crippen LogP) is 2.00. The Balaban J connectivity index is 2.60. The van der Waals surface area contributed by atoms with Gasteiger partial charge < -0.3 is 14.8 Å². The molecule has 1 aromatic rings.